The molecule has 1 aromatic rings. The topological polar surface area (TPSA) is 49.3 Å². The van der Waals surface area contributed by atoms with E-state index in [4.69, 9.17) is 0 Å². The van der Waals surface area contributed by atoms with E-state index in [0.717, 1.165) is 29.0 Å². The van der Waals surface area contributed by atoms with Crippen molar-refractivity contribution in [2.24, 2.45) is 0 Å². The first-order valence-corrected chi connectivity index (χ1v) is 8.74. The van der Waals surface area contributed by atoms with Crippen LogP contribution in [0, 0.1) is 6.92 Å². The minimum atomic E-state index is 0.207. The average Bonchev–Trinajstić information content (AvgIpc) is 2.81. The first-order valence-electron chi connectivity index (χ1n) is 6.93. The zero-order chi connectivity index (χ0) is 14.7. The molecule has 0 bridgehead atoms. The van der Waals surface area contributed by atoms with Crippen LogP contribution in [0.4, 0.5) is 0 Å². The smallest absolute Gasteiger partial charge is 0.233 e. The fourth-order valence-corrected chi connectivity index (χ4v) is 4.24. The minimum Gasteiger partial charge on any atom is -0.339 e. The van der Waals surface area contributed by atoms with Gasteiger partial charge < -0.3 is 4.90 Å². The second kappa shape index (κ2) is 6.87. The van der Waals surface area contributed by atoms with Gasteiger partial charge in [-0.2, -0.15) is 0 Å². The molecule has 1 fully saturated rings. The number of hydrogen-bond donors (Lipinski definition) is 0. The molecule has 1 saturated heterocycles. The number of aromatic nitrogens is 2. The van der Waals surface area contributed by atoms with Gasteiger partial charge in [0.25, 0.3) is 0 Å². The Morgan fingerprint density at radius 3 is 2.75 bits per heavy atom. The number of carbonyl (C=O) groups is 1. The molecule has 2 rings (SSSR count). The number of aryl methyl sites for hydroxylation is 1. The second-order valence-electron chi connectivity index (χ2n) is 5.40. The molecule has 1 aromatic heterocycles. The molecule has 5 nitrogen and oxygen atoms in total. The average molecular weight is 314 g/mol. The van der Waals surface area contributed by atoms with Gasteiger partial charge in [0.15, 0.2) is 4.34 Å². The van der Waals surface area contributed by atoms with Gasteiger partial charge in [-0.05, 0) is 27.7 Å². The van der Waals surface area contributed by atoms with E-state index >= 15 is 0 Å². The molecule has 1 aliphatic rings. The highest BCUT2D eigenvalue weighted by molar-refractivity contribution is 8.01. The fraction of sp³-hybridized carbons (Fsp3) is 0.769. The van der Waals surface area contributed by atoms with E-state index in [9.17, 15) is 4.79 Å². The highest BCUT2D eigenvalue weighted by atomic mass is 32.2. The van der Waals surface area contributed by atoms with Crippen molar-refractivity contribution >= 4 is 29.0 Å². The molecule has 0 N–H and O–H groups in total. The van der Waals surface area contributed by atoms with E-state index in [1.54, 1.807) is 11.3 Å². The van der Waals surface area contributed by atoms with Crippen LogP contribution in [0.25, 0.3) is 0 Å². The van der Waals surface area contributed by atoms with Crippen molar-refractivity contribution < 1.29 is 4.79 Å². The van der Waals surface area contributed by atoms with Gasteiger partial charge in [0.1, 0.15) is 5.01 Å². The molecule has 7 heteroatoms. The summed E-state index contributed by atoms with van der Waals surface area (Å²) in [6.45, 7) is 11.2. The molecule has 0 radical (unpaired) electrons. The lowest BCUT2D eigenvalue weighted by Gasteiger charge is -2.42. The molecule has 1 atom stereocenters. The van der Waals surface area contributed by atoms with Gasteiger partial charge in [-0.3, -0.25) is 9.69 Å². The predicted octanol–water partition coefficient (Wildman–Crippen LogP) is 1.88. The number of nitrogens with zero attached hydrogens (tertiary/aromatic N) is 4. The molecule has 112 valence electrons. The quantitative estimate of drug-likeness (QED) is 0.794. The van der Waals surface area contributed by atoms with Crippen LogP contribution in [0.5, 0.6) is 0 Å². The Labute approximate surface area is 128 Å². The number of carbonyl (C=O) groups excluding carboxylic acids is 1. The highest BCUT2D eigenvalue weighted by Gasteiger charge is 2.27. The lowest BCUT2D eigenvalue weighted by atomic mass is 10.1. The number of hydrogen-bond acceptors (Lipinski definition) is 6. The van der Waals surface area contributed by atoms with Crippen molar-refractivity contribution in [1.29, 1.82) is 0 Å². The zero-order valence-electron chi connectivity index (χ0n) is 12.5. The molecule has 0 aromatic carbocycles. The van der Waals surface area contributed by atoms with Gasteiger partial charge in [0, 0.05) is 31.7 Å². The Bertz CT molecular complexity index is 463. The van der Waals surface area contributed by atoms with Gasteiger partial charge in [-0.15, -0.1) is 10.2 Å². The van der Waals surface area contributed by atoms with E-state index in [2.05, 4.69) is 35.9 Å². The van der Waals surface area contributed by atoms with Crippen LogP contribution in [0.3, 0.4) is 0 Å². The van der Waals surface area contributed by atoms with Crippen molar-refractivity contribution in [3.8, 4) is 0 Å². The predicted molar refractivity (Wildman–Crippen MR) is 83.3 cm³/mol. The normalized spacial score (nSPS) is 20.6. The summed E-state index contributed by atoms with van der Waals surface area (Å²) in [6, 6.07) is 0.975. The molecule has 20 heavy (non-hydrogen) atoms. The monoisotopic (exact) mass is 314 g/mol. The summed E-state index contributed by atoms with van der Waals surface area (Å²) >= 11 is 3.03. The van der Waals surface area contributed by atoms with E-state index in [0.29, 0.717) is 17.8 Å². The first kappa shape index (κ1) is 15.7. The Morgan fingerprint density at radius 1 is 1.45 bits per heavy atom. The van der Waals surface area contributed by atoms with Crippen molar-refractivity contribution in [2.75, 3.05) is 25.4 Å². The third-order valence-corrected chi connectivity index (χ3v) is 5.48. The lowest BCUT2D eigenvalue weighted by molar-refractivity contribution is -0.131. The second-order valence-corrected chi connectivity index (χ2v) is 7.80. The van der Waals surface area contributed by atoms with Gasteiger partial charge in [-0.1, -0.05) is 23.1 Å². The molecular formula is C13H22N4OS2. The van der Waals surface area contributed by atoms with Crippen molar-refractivity contribution in [1.82, 2.24) is 20.0 Å². The molecule has 0 unspecified atom stereocenters. The molecule has 1 amide bonds. The molecule has 0 spiro atoms. The summed E-state index contributed by atoms with van der Waals surface area (Å²) in [7, 11) is 0. The van der Waals surface area contributed by atoms with E-state index in [1.165, 1.54) is 11.8 Å². The van der Waals surface area contributed by atoms with Gasteiger partial charge in [-0.25, -0.2) is 0 Å². The van der Waals surface area contributed by atoms with Crippen LogP contribution >= 0.6 is 23.1 Å². The summed E-state index contributed by atoms with van der Waals surface area (Å²) in [5.74, 6) is 0.668. The Morgan fingerprint density at radius 2 is 2.20 bits per heavy atom. The van der Waals surface area contributed by atoms with Crippen molar-refractivity contribution in [3.63, 3.8) is 0 Å². The van der Waals surface area contributed by atoms with Crippen LogP contribution < -0.4 is 0 Å². The maximum atomic E-state index is 12.2. The van der Waals surface area contributed by atoms with E-state index < -0.39 is 0 Å². The fourth-order valence-electron chi connectivity index (χ4n) is 2.52. The number of thioether (sulfide) groups is 1. The minimum absolute atomic E-state index is 0.207. The molecule has 2 heterocycles. The van der Waals surface area contributed by atoms with Crippen LogP contribution in [0.1, 0.15) is 25.8 Å². The third-order valence-electron chi connectivity index (χ3n) is 3.52. The molecule has 0 saturated carbocycles. The summed E-state index contributed by atoms with van der Waals surface area (Å²) < 4.78 is 0.879. The molecule has 1 aliphatic heterocycles. The maximum Gasteiger partial charge on any atom is 0.233 e. The van der Waals surface area contributed by atoms with Crippen LogP contribution in [-0.4, -0.2) is 63.4 Å². The van der Waals surface area contributed by atoms with Crippen LogP contribution in [0.2, 0.25) is 0 Å². The summed E-state index contributed by atoms with van der Waals surface area (Å²) in [5, 5.41) is 8.94. The molecule has 0 aliphatic carbocycles. The SMILES string of the molecule is Cc1nnc(SCC(=O)N2CCN(C(C)C)[C@H](C)C2)s1. The van der Waals surface area contributed by atoms with Gasteiger partial charge >= 0.3 is 0 Å². The van der Waals surface area contributed by atoms with E-state index in [-0.39, 0.29) is 5.91 Å². The van der Waals surface area contributed by atoms with Gasteiger partial charge in [0.05, 0.1) is 5.75 Å². The van der Waals surface area contributed by atoms with Crippen LogP contribution in [-0.2, 0) is 4.79 Å². The maximum absolute atomic E-state index is 12.2. The summed E-state index contributed by atoms with van der Waals surface area (Å²) in [5.41, 5.74) is 0. The number of piperazine rings is 1. The van der Waals surface area contributed by atoms with Crippen molar-refractivity contribution in [3.05, 3.63) is 5.01 Å². The molecular weight excluding hydrogens is 292 g/mol. The zero-order valence-corrected chi connectivity index (χ0v) is 14.1. The Kier molecular flexibility index (Phi) is 5.40. The van der Waals surface area contributed by atoms with Gasteiger partial charge in [0.2, 0.25) is 5.91 Å². The lowest BCUT2D eigenvalue weighted by Crippen LogP contribution is -2.55. The van der Waals surface area contributed by atoms with Crippen molar-refractivity contribution in [2.45, 2.75) is 44.1 Å². The third kappa shape index (κ3) is 3.93. The standard InChI is InChI=1S/C13H22N4OS2/c1-9(2)17-6-5-16(7-10(17)3)12(18)8-19-13-15-14-11(4)20-13/h9-10H,5-8H2,1-4H3/t10-/m1/s1. The summed E-state index contributed by atoms with van der Waals surface area (Å²) in [4.78, 5) is 16.7. The number of amides is 1. The largest absolute Gasteiger partial charge is 0.339 e. The summed E-state index contributed by atoms with van der Waals surface area (Å²) in [6.07, 6.45) is 0. The highest BCUT2D eigenvalue weighted by Crippen LogP contribution is 2.22. The number of rotatable bonds is 4. The van der Waals surface area contributed by atoms with E-state index in [1.807, 2.05) is 11.8 Å². The first-order chi connectivity index (χ1) is 9.47. The van der Waals surface area contributed by atoms with Crippen LogP contribution in [0.15, 0.2) is 4.34 Å². The Hall–Kier alpha value is -0.660. The Balaban J connectivity index is 1.82.